The molecule has 0 aromatic heterocycles. The van der Waals surface area contributed by atoms with Crippen molar-refractivity contribution in [3.05, 3.63) is 54.1 Å². The predicted molar refractivity (Wildman–Crippen MR) is 86.0 cm³/mol. The normalized spacial score (nSPS) is 11.6. The van der Waals surface area contributed by atoms with Crippen molar-refractivity contribution in [2.45, 2.75) is 19.6 Å². The summed E-state index contributed by atoms with van der Waals surface area (Å²) in [6.07, 6.45) is -0.631. The first-order chi connectivity index (χ1) is 10.6. The van der Waals surface area contributed by atoms with Gasteiger partial charge in [-0.1, -0.05) is 18.2 Å². The van der Waals surface area contributed by atoms with Crippen molar-refractivity contribution in [1.29, 1.82) is 0 Å². The molecule has 2 aromatic rings. The summed E-state index contributed by atoms with van der Waals surface area (Å²) < 4.78 is 10.8. The van der Waals surface area contributed by atoms with Crippen molar-refractivity contribution in [3.8, 4) is 11.5 Å². The lowest BCUT2D eigenvalue weighted by Gasteiger charge is -2.15. The summed E-state index contributed by atoms with van der Waals surface area (Å²) in [6, 6.07) is 14.6. The van der Waals surface area contributed by atoms with Crippen molar-refractivity contribution >= 4 is 11.6 Å². The van der Waals surface area contributed by atoms with E-state index < -0.39 is 6.10 Å². The lowest BCUT2D eigenvalue weighted by atomic mass is 10.2. The second kappa shape index (κ2) is 7.47. The minimum absolute atomic E-state index is 0.225. The molecule has 0 heterocycles. The third kappa shape index (κ3) is 4.23. The standard InChI is InChI=1S/C17H20N2O3/c1-12(22-16-8-4-7-15(10-16)21-2)17(20)19-14-6-3-5-13(9-14)11-18/h3-10,12H,11,18H2,1-2H3,(H,19,20). The largest absolute Gasteiger partial charge is 0.497 e. The number of amides is 1. The van der Waals surface area contributed by atoms with Gasteiger partial charge in [0.15, 0.2) is 6.10 Å². The highest BCUT2D eigenvalue weighted by molar-refractivity contribution is 5.94. The van der Waals surface area contributed by atoms with Crippen LogP contribution in [0.4, 0.5) is 5.69 Å². The van der Waals surface area contributed by atoms with Gasteiger partial charge in [-0.05, 0) is 36.8 Å². The fourth-order valence-corrected chi connectivity index (χ4v) is 1.95. The van der Waals surface area contributed by atoms with Gasteiger partial charge in [0, 0.05) is 18.3 Å². The molecule has 0 saturated carbocycles. The van der Waals surface area contributed by atoms with Crippen LogP contribution in [0.15, 0.2) is 48.5 Å². The number of nitrogens with two attached hydrogens (primary N) is 1. The molecule has 0 aliphatic heterocycles. The molecule has 1 amide bonds. The van der Waals surface area contributed by atoms with Gasteiger partial charge in [0.05, 0.1) is 7.11 Å². The van der Waals surface area contributed by atoms with Gasteiger partial charge in [0.2, 0.25) is 0 Å². The third-order valence-corrected chi connectivity index (χ3v) is 3.15. The van der Waals surface area contributed by atoms with Gasteiger partial charge in [0.25, 0.3) is 5.91 Å². The smallest absolute Gasteiger partial charge is 0.265 e. The van der Waals surface area contributed by atoms with E-state index in [1.54, 1.807) is 26.2 Å². The van der Waals surface area contributed by atoms with E-state index >= 15 is 0 Å². The molecule has 0 saturated heterocycles. The molecule has 0 bridgehead atoms. The maximum Gasteiger partial charge on any atom is 0.265 e. The number of anilines is 1. The molecule has 5 heteroatoms. The Morgan fingerprint density at radius 2 is 1.91 bits per heavy atom. The van der Waals surface area contributed by atoms with E-state index in [0.29, 0.717) is 23.7 Å². The van der Waals surface area contributed by atoms with Gasteiger partial charge in [-0.25, -0.2) is 0 Å². The molecule has 3 N–H and O–H groups in total. The Kier molecular flexibility index (Phi) is 5.38. The Labute approximate surface area is 130 Å². The van der Waals surface area contributed by atoms with Gasteiger partial charge >= 0.3 is 0 Å². The number of hydrogen-bond acceptors (Lipinski definition) is 4. The number of hydrogen-bond donors (Lipinski definition) is 2. The number of nitrogens with one attached hydrogen (secondary N) is 1. The van der Waals surface area contributed by atoms with Gasteiger partial charge in [-0.2, -0.15) is 0 Å². The number of ether oxygens (including phenoxy) is 2. The summed E-state index contributed by atoms with van der Waals surface area (Å²) in [5, 5.41) is 2.81. The van der Waals surface area contributed by atoms with Crippen LogP contribution in [0.25, 0.3) is 0 Å². The molecule has 5 nitrogen and oxygen atoms in total. The van der Waals surface area contributed by atoms with E-state index in [9.17, 15) is 4.79 Å². The van der Waals surface area contributed by atoms with Crippen LogP contribution in [0.2, 0.25) is 0 Å². The Balaban J connectivity index is 1.99. The van der Waals surface area contributed by atoms with Crippen molar-refractivity contribution < 1.29 is 14.3 Å². The molecule has 116 valence electrons. The fourth-order valence-electron chi connectivity index (χ4n) is 1.95. The van der Waals surface area contributed by atoms with Crippen molar-refractivity contribution in [2.24, 2.45) is 5.73 Å². The average Bonchev–Trinajstić information content (AvgIpc) is 2.55. The summed E-state index contributed by atoms with van der Waals surface area (Å²) in [4.78, 5) is 12.2. The highest BCUT2D eigenvalue weighted by atomic mass is 16.5. The highest BCUT2D eigenvalue weighted by Gasteiger charge is 2.15. The molecular formula is C17H20N2O3. The van der Waals surface area contributed by atoms with Crippen LogP contribution in [-0.4, -0.2) is 19.1 Å². The summed E-state index contributed by atoms with van der Waals surface area (Å²) in [6.45, 7) is 2.13. The molecule has 0 fully saturated rings. The fraction of sp³-hybridized carbons (Fsp3) is 0.235. The van der Waals surface area contributed by atoms with Crippen LogP contribution in [-0.2, 0) is 11.3 Å². The van der Waals surface area contributed by atoms with E-state index in [1.165, 1.54) is 0 Å². The van der Waals surface area contributed by atoms with Gasteiger partial charge in [-0.15, -0.1) is 0 Å². The van der Waals surface area contributed by atoms with Crippen LogP contribution >= 0.6 is 0 Å². The summed E-state index contributed by atoms with van der Waals surface area (Å²) in [5.74, 6) is 1.04. The van der Waals surface area contributed by atoms with E-state index in [0.717, 1.165) is 5.56 Å². The molecule has 1 unspecified atom stereocenters. The number of methoxy groups -OCH3 is 1. The molecule has 0 radical (unpaired) electrons. The van der Waals surface area contributed by atoms with Crippen LogP contribution < -0.4 is 20.5 Å². The first-order valence-electron chi connectivity index (χ1n) is 7.03. The van der Waals surface area contributed by atoms with E-state index in [2.05, 4.69) is 5.32 Å². The second-order valence-electron chi connectivity index (χ2n) is 4.83. The zero-order valence-electron chi connectivity index (χ0n) is 12.7. The van der Waals surface area contributed by atoms with Gasteiger partial charge < -0.3 is 20.5 Å². The number of benzene rings is 2. The maximum atomic E-state index is 12.2. The number of carbonyl (C=O) groups excluding carboxylic acids is 1. The average molecular weight is 300 g/mol. The van der Waals surface area contributed by atoms with E-state index in [1.807, 2.05) is 36.4 Å². The lowest BCUT2D eigenvalue weighted by molar-refractivity contribution is -0.122. The first kappa shape index (κ1) is 15.9. The van der Waals surface area contributed by atoms with Crippen molar-refractivity contribution in [3.63, 3.8) is 0 Å². The lowest BCUT2D eigenvalue weighted by Crippen LogP contribution is -2.30. The Bertz CT molecular complexity index is 643. The minimum Gasteiger partial charge on any atom is -0.497 e. The zero-order valence-corrected chi connectivity index (χ0v) is 12.7. The van der Waals surface area contributed by atoms with Crippen LogP contribution in [0.3, 0.4) is 0 Å². The van der Waals surface area contributed by atoms with E-state index in [-0.39, 0.29) is 5.91 Å². The molecule has 2 aromatic carbocycles. The zero-order chi connectivity index (χ0) is 15.9. The molecule has 22 heavy (non-hydrogen) atoms. The Morgan fingerprint density at radius 3 is 2.64 bits per heavy atom. The van der Waals surface area contributed by atoms with Crippen LogP contribution in [0.1, 0.15) is 12.5 Å². The van der Waals surface area contributed by atoms with Crippen LogP contribution in [0, 0.1) is 0 Å². The summed E-state index contributed by atoms with van der Waals surface area (Å²) >= 11 is 0. The van der Waals surface area contributed by atoms with Gasteiger partial charge in [0.1, 0.15) is 11.5 Å². The first-order valence-corrected chi connectivity index (χ1v) is 7.03. The SMILES string of the molecule is COc1cccc(OC(C)C(=O)Nc2cccc(CN)c2)c1. The molecule has 0 aliphatic rings. The molecule has 0 aliphatic carbocycles. The van der Waals surface area contributed by atoms with Crippen molar-refractivity contribution in [1.82, 2.24) is 0 Å². The Morgan fingerprint density at radius 1 is 1.18 bits per heavy atom. The summed E-state index contributed by atoms with van der Waals surface area (Å²) in [7, 11) is 1.58. The topological polar surface area (TPSA) is 73.6 Å². The molecule has 2 rings (SSSR count). The molecular weight excluding hydrogens is 280 g/mol. The summed E-state index contributed by atoms with van der Waals surface area (Å²) in [5.41, 5.74) is 7.25. The van der Waals surface area contributed by atoms with Crippen LogP contribution in [0.5, 0.6) is 11.5 Å². The Hall–Kier alpha value is -2.53. The van der Waals surface area contributed by atoms with E-state index in [4.69, 9.17) is 15.2 Å². The molecule has 1 atom stereocenters. The number of rotatable bonds is 6. The number of carbonyl (C=O) groups is 1. The second-order valence-corrected chi connectivity index (χ2v) is 4.83. The maximum absolute atomic E-state index is 12.2. The minimum atomic E-state index is -0.631. The monoisotopic (exact) mass is 300 g/mol. The highest BCUT2D eigenvalue weighted by Crippen LogP contribution is 2.20. The predicted octanol–water partition coefficient (Wildman–Crippen LogP) is 2.56. The third-order valence-electron chi connectivity index (χ3n) is 3.15. The van der Waals surface area contributed by atoms with Crippen molar-refractivity contribution in [2.75, 3.05) is 12.4 Å². The van der Waals surface area contributed by atoms with Gasteiger partial charge in [-0.3, -0.25) is 4.79 Å². The quantitative estimate of drug-likeness (QED) is 0.860. The molecule has 0 spiro atoms.